The fourth-order valence-electron chi connectivity index (χ4n) is 19.4. The van der Waals surface area contributed by atoms with Gasteiger partial charge in [-0.1, -0.05) is 224 Å². The molecule has 0 aliphatic rings. The molecule has 10 heterocycles. The second-order valence-corrected chi connectivity index (χ2v) is 32.1. The quantitative estimate of drug-likeness (QED) is 0.128. The molecule has 12 heteroatoms. The molecule has 16 aromatic carbocycles. The lowest BCUT2D eigenvalue weighted by atomic mass is 9.96. The second kappa shape index (κ2) is 30.6. The van der Waals surface area contributed by atoms with Crippen molar-refractivity contribution >= 4 is 131 Å². The number of benzene rings is 16. The predicted molar refractivity (Wildman–Crippen MR) is 522 cm³/mol. The summed E-state index contributed by atoms with van der Waals surface area (Å²) in [6.07, 6.45) is 11.2. The van der Waals surface area contributed by atoms with Gasteiger partial charge in [0.15, 0.2) is 0 Å². The summed E-state index contributed by atoms with van der Waals surface area (Å²) in [5, 5.41) is 29.2. The molecule has 0 atom stereocenters. The third kappa shape index (κ3) is 12.5. The zero-order valence-corrected chi connectivity index (χ0v) is 68.6. The first-order valence-electron chi connectivity index (χ1n) is 42.7. The molecular formula is C115H74N12. The molecule has 0 saturated heterocycles. The molecular weight excluding hydrogens is 1550 g/mol. The van der Waals surface area contributed by atoms with Crippen LogP contribution < -0.4 is 0 Å². The summed E-state index contributed by atoms with van der Waals surface area (Å²) in [6, 6.07) is 148. The Labute approximate surface area is 729 Å². The Morgan fingerprint density at radius 1 is 0.197 bits per heavy atom. The van der Waals surface area contributed by atoms with E-state index in [0.29, 0.717) is 5.56 Å². The number of aromatic nitrogens is 11. The van der Waals surface area contributed by atoms with E-state index in [-0.39, 0.29) is 0 Å². The van der Waals surface area contributed by atoms with Crippen molar-refractivity contribution in [3.8, 4) is 90.6 Å². The molecule has 0 N–H and O–H groups in total. The van der Waals surface area contributed by atoms with Gasteiger partial charge in [-0.2, -0.15) is 10.4 Å². The maximum absolute atomic E-state index is 10.1. The summed E-state index contributed by atoms with van der Waals surface area (Å²) in [4.78, 5) is 14.0. The van der Waals surface area contributed by atoms with E-state index < -0.39 is 0 Å². The fourth-order valence-corrected chi connectivity index (χ4v) is 19.4. The van der Waals surface area contributed by atoms with Crippen molar-refractivity contribution in [3.63, 3.8) is 0 Å². The standard InChI is InChI=1S/C46H29N5.C43H27N3.C26H18N4/c1-5-16-41-34(11-1)35-12-2-6-17-42(35)49(41)31-20-22-45-38(26-31)39-27-32(50-43-18-7-3-13-36(43)37-14-4-8-19-44(37)50)21-23-46(39)51(45)33-25-30(28-47-29-33)40-15-9-10-24-48-40;44-28-29-23-32(30-11-9-13-34(26-30)45-40-19-5-1-15-36(40)37-16-2-6-20-41(37)45)25-33(24-29)31-12-10-14-35(27-31)46-42-21-7-3-17-38(42)39-18-4-8-22-43(39)46;1-3-11-25-22(9-1)23-10-2-4-12-26(23)30(25)20-8-5-7-19(17-20)24-14-13-21(18-27-24)29-16-6-15-28-29/h1-29H;1-27H;1-18H. The summed E-state index contributed by atoms with van der Waals surface area (Å²) in [5.41, 5.74) is 30.3. The smallest absolute Gasteiger partial charge is 0.0992 e. The Kier molecular flexibility index (Phi) is 17.7. The highest BCUT2D eigenvalue weighted by atomic mass is 15.3. The van der Waals surface area contributed by atoms with Gasteiger partial charge in [-0.15, -0.1) is 0 Å². The van der Waals surface area contributed by atoms with Crippen molar-refractivity contribution in [1.82, 2.24) is 52.1 Å². The van der Waals surface area contributed by atoms with Gasteiger partial charge in [0.05, 0.1) is 113 Å². The van der Waals surface area contributed by atoms with Crippen LogP contribution in [-0.4, -0.2) is 52.1 Å². The number of fused-ring (bicyclic) bond motifs is 18. The first kappa shape index (κ1) is 73.4. The van der Waals surface area contributed by atoms with Crippen molar-refractivity contribution in [3.05, 3.63) is 455 Å². The molecule has 0 unspecified atom stereocenters. The number of pyridine rings is 3. The van der Waals surface area contributed by atoms with E-state index in [0.717, 1.165) is 95.6 Å². The molecule has 0 bridgehead atoms. The minimum atomic E-state index is 0.636. The number of rotatable bonds is 11. The van der Waals surface area contributed by atoms with E-state index in [2.05, 4.69) is 413 Å². The molecule has 0 radical (unpaired) electrons. The molecule has 594 valence electrons. The Morgan fingerprint density at radius 2 is 0.520 bits per heavy atom. The van der Waals surface area contributed by atoms with Gasteiger partial charge in [0, 0.05) is 129 Å². The number of hydrogen-bond acceptors (Lipinski definition) is 5. The first-order chi connectivity index (χ1) is 63.0. The van der Waals surface area contributed by atoms with E-state index in [9.17, 15) is 5.26 Å². The van der Waals surface area contributed by atoms with Gasteiger partial charge >= 0.3 is 0 Å². The van der Waals surface area contributed by atoms with Crippen LogP contribution in [0.2, 0.25) is 0 Å². The topological polar surface area (TPSA) is 110 Å². The zero-order valence-electron chi connectivity index (χ0n) is 68.6. The molecule has 127 heavy (non-hydrogen) atoms. The van der Waals surface area contributed by atoms with Gasteiger partial charge in [-0.3, -0.25) is 15.0 Å². The van der Waals surface area contributed by atoms with Crippen molar-refractivity contribution < 1.29 is 0 Å². The van der Waals surface area contributed by atoms with Gasteiger partial charge in [0.1, 0.15) is 0 Å². The minimum absolute atomic E-state index is 0.636. The third-order valence-corrected chi connectivity index (χ3v) is 24.9. The van der Waals surface area contributed by atoms with Crippen molar-refractivity contribution in [2.24, 2.45) is 0 Å². The van der Waals surface area contributed by atoms with Crippen LogP contribution in [0.15, 0.2) is 450 Å². The maximum Gasteiger partial charge on any atom is 0.0992 e. The molecule has 0 aliphatic heterocycles. The Balaban J connectivity index is 0.000000110. The van der Waals surface area contributed by atoms with Gasteiger partial charge in [0.2, 0.25) is 0 Å². The Bertz CT molecular complexity index is 8260. The highest BCUT2D eigenvalue weighted by Gasteiger charge is 2.23. The highest BCUT2D eigenvalue weighted by molar-refractivity contribution is 6.16. The lowest BCUT2D eigenvalue weighted by Gasteiger charge is -2.13. The van der Waals surface area contributed by atoms with Crippen LogP contribution in [0.25, 0.3) is 215 Å². The van der Waals surface area contributed by atoms with Crippen molar-refractivity contribution in [2.45, 2.75) is 0 Å². The fraction of sp³-hybridized carbons (Fsp3) is 0. The van der Waals surface area contributed by atoms with Crippen LogP contribution in [0.4, 0.5) is 0 Å². The number of hydrogen-bond donors (Lipinski definition) is 0. The van der Waals surface area contributed by atoms with Crippen LogP contribution in [0, 0.1) is 11.3 Å². The maximum atomic E-state index is 10.1. The van der Waals surface area contributed by atoms with Crippen molar-refractivity contribution in [1.29, 1.82) is 5.26 Å². The van der Waals surface area contributed by atoms with E-state index in [1.165, 1.54) is 120 Å². The molecule has 0 spiro atoms. The zero-order chi connectivity index (χ0) is 84.0. The van der Waals surface area contributed by atoms with Crippen LogP contribution in [-0.2, 0) is 0 Å². The van der Waals surface area contributed by atoms with Gasteiger partial charge in [-0.25, -0.2) is 4.68 Å². The van der Waals surface area contributed by atoms with Crippen molar-refractivity contribution in [2.75, 3.05) is 0 Å². The Morgan fingerprint density at radius 3 is 0.866 bits per heavy atom. The molecule has 26 aromatic rings. The van der Waals surface area contributed by atoms with E-state index >= 15 is 0 Å². The average Bonchev–Trinajstić information content (AvgIpc) is 1.56. The van der Waals surface area contributed by atoms with Crippen LogP contribution in [0.1, 0.15) is 5.56 Å². The first-order valence-corrected chi connectivity index (χ1v) is 42.7. The highest BCUT2D eigenvalue weighted by Crippen LogP contribution is 2.43. The van der Waals surface area contributed by atoms with Crippen LogP contribution in [0.5, 0.6) is 0 Å². The van der Waals surface area contributed by atoms with Gasteiger partial charge < -0.3 is 27.4 Å². The molecule has 12 nitrogen and oxygen atoms in total. The molecule has 0 aliphatic carbocycles. The number of para-hydroxylation sites is 10. The van der Waals surface area contributed by atoms with Gasteiger partial charge in [0.25, 0.3) is 0 Å². The molecule has 10 aromatic heterocycles. The van der Waals surface area contributed by atoms with Crippen LogP contribution in [0.3, 0.4) is 0 Å². The summed E-state index contributed by atoms with van der Waals surface area (Å²) < 4.78 is 15.9. The lowest BCUT2D eigenvalue weighted by molar-refractivity contribution is 0.874. The molecule has 0 amide bonds. The summed E-state index contributed by atoms with van der Waals surface area (Å²) >= 11 is 0. The Hall–Kier alpha value is -17.5. The second-order valence-electron chi connectivity index (χ2n) is 32.1. The lowest BCUT2D eigenvalue weighted by Crippen LogP contribution is -1.97. The summed E-state index contributed by atoms with van der Waals surface area (Å²) in [7, 11) is 0. The normalized spacial score (nSPS) is 11.6. The minimum Gasteiger partial charge on any atom is -0.309 e. The average molecular weight is 1620 g/mol. The van der Waals surface area contributed by atoms with Crippen LogP contribution >= 0.6 is 0 Å². The summed E-state index contributed by atoms with van der Waals surface area (Å²) in [6.45, 7) is 0. The number of nitriles is 1. The molecule has 26 rings (SSSR count). The van der Waals surface area contributed by atoms with E-state index in [4.69, 9.17) is 4.98 Å². The summed E-state index contributed by atoms with van der Waals surface area (Å²) in [5.74, 6) is 0. The predicted octanol–water partition coefficient (Wildman–Crippen LogP) is 28.6. The largest absolute Gasteiger partial charge is 0.309 e. The SMILES string of the molecule is N#Cc1cc(-c2cccc(-n3c4ccccc4c4ccccc43)c2)cc(-c2cccc(-n3c4ccccc4c4ccccc43)c2)c1.c1cc(-c2ccc(-n3cccn3)cn2)cc(-n2c3ccccc3c3ccccc32)c1.c1ccc(-c2cncc(-n3c4ccc(-n5c6ccccc6c6ccccc65)cc4c4cc(-n5c6ccccc6c6ccccc65)ccc43)c2)nc1. The number of nitrogens with zero attached hydrogens (tertiary/aromatic N) is 12. The molecule has 0 saturated carbocycles. The van der Waals surface area contributed by atoms with Gasteiger partial charge in [-0.05, 0) is 210 Å². The third-order valence-electron chi connectivity index (χ3n) is 24.9. The monoisotopic (exact) mass is 1620 g/mol. The van der Waals surface area contributed by atoms with E-state index in [1.54, 1.807) is 6.20 Å². The molecule has 0 fully saturated rings. The van der Waals surface area contributed by atoms with E-state index in [1.807, 2.05) is 84.2 Å².